The van der Waals surface area contributed by atoms with Gasteiger partial charge < -0.3 is 0 Å². The predicted molar refractivity (Wildman–Crippen MR) is 109 cm³/mol. The van der Waals surface area contributed by atoms with Gasteiger partial charge in [0.2, 0.25) is 0 Å². The van der Waals surface area contributed by atoms with Gasteiger partial charge in [-0.3, -0.25) is 0 Å². The Bertz CT molecular complexity index is 1180. The second-order valence-corrected chi connectivity index (χ2v) is 8.53. The monoisotopic (exact) mass is 340 g/mol. The van der Waals surface area contributed by atoms with Crippen LogP contribution >= 0.6 is 0 Å². The molecule has 1 aliphatic rings. The molecule has 0 unspecified atom stereocenters. The van der Waals surface area contributed by atoms with Crippen molar-refractivity contribution in [3.05, 3.63) is 66.2 Å². The van der Waals surface area contributed by atoms with E-state index in [4.69, 9.17) is 0 Å². The number of hydroxylamine groups is 2. The summed E-state index contributed by atoms with van der Waals surface area (Å²) in [6, 6.07) is 19.7. The van der Waals surface area contributed by atoms with Crippen LogP contribution in [-0.4, -0.2) is 16.1 Å². The third-order valence-corrected chi connectivity index (χ3v) is 6.01. The maximum Gasteiger partial charge on any atom is 0.0699 e. The van der Waals surface area contributed by atoms with E-state index in [1.54, 1.807) is 0 Å². The highest BCUT2D eigenvalue weighted by atomic mass is 16.5. The summed E-state index contributed by atoms with van der Waals surface area (Å²) in [6.45, 7) is 8.03. The summed E-state index contributed by atoms with van der Waals surface area (Å²) in [7, 11) is 0. The summed E-state index contributed by atoms with van der Waals surface area (Å²) in [6.07, 6.45) is 2.14. The molecule has 0 amide bonds. The van der Waals surface area contributed by atoms with Crippen LogP contribution in [0.15, 0.2) is 60.7 Å². The highest BCUT2D eigenvalue weighted by Crippen LogP contribution is 2.47. The molecule has 0 bridgehead atoms. The van der Waals surface area contributed by atoms with E-state index in [1.807, 2.05) is 27.7 Å². The van der Waals surface area contributed by atoms with Crippen molar-refractivity contribution in [1.29, 1.82) is 0 Å². The molecule has 129 valence electrons. The second-order valence-electron chi connectivity index (χ2n) is 8.53. The molecule has 4 aromatic carbocycles. The van der Waals surface area contributed by atoms with Crippen molar-refractivity contribution < 1.29 is 5.21 Å². The predicted octanol–water partition coefficient (Wildman–Crippen LogP) is 6.19. The molecule has 1 aliphatic heterocycles. The Kier molecular flexibility index (Phi) is 2.95. The molecule has 0 saturated carbocycles. The summed E-state index contributed by atoms with van der Waals surface area (Å²) in [5, 5.41) is 21.7. The molecule has 0 fully saturated rings. The fourth-order valence-corrected chi connectivity index (χ4v) is 4.80. The first kappa shape index (κ1) is 15.8. The van der Waals surface area contributed by atoms with Crippen molar-refractivity contribution in [2.45, 2.75) is 38.8 Å². The molecule has 0 aliphatic carbocycles. The number of hydrogen-bond donors (Lipinski definition) is 0. The first-order valence-electron chi connectivity index (χ1n) is 9.18. The minimum Gasteiger partial charge on any atom is -0.136 e. The molecule has 5 rings (SSSR count). The van der Waals surface area contributed by atoms with Gasteiger partial charge in [0.25, 0.3) is 0 Å². The molecule has 2 heteroatoms. The zero-order valence-corrected chi connectivity index (χ0v) is 15.6. The average molecular weight is 340 g/mol. The molecule has 0 spiro atoms. The third kappa shape index (κ3) is 1.89. The molecule has 4 aromatic rings. The fourth-order valence-electron chi connectivity index (χ4n) is 4.80. The van der Waals surface area contributed by atoms with Crippen LogP contribution in [-0.2, 0) is 5.21 Å². The molecule has 0 saturated heterocycles. The standard InChI is InChI=1S/C24H22NO/c1-23(2)14-20(24(3,4)25(23)26)18-12-10-17-9-8-15-6-5-7-16-11-13-19(18)22(17)21(15)16/h5-14H,1-4H3. The van der Waals surface area contributed by atoms with E-state index < -0.39 is 11.1 Å². The largest absolute Gasteiger partial charge is 0.136 e. The average Bonchev–Trinajstić information content (AvgIpc) is 2.79. The topological polar surface area (TPSA) is 23.1 Å². The maximum atomic E-state index is 12.9. The van der Waals surface area contributed by atoms with Gasteiger partial charge in [-0.2, -0.15) is 0 Å². The lowest BCUT2D eigenvalue weighted by atomic mass is 9.84. The van der Waals surface area contributed by atoms with E-state index in [9.17, 15) is 5.21 Å². The highest BCUT2D eigenvalue weighted by molar-refractivity contribution is 6.24. The van der Waals surface area contributed by atoms with Crippen LogP contribution in [0.3, 0.4) is 0 Å². The minimum atomic E-state index is -0.549. The summed E-state index contributed by atoms with van der Waals surface area (Å²) in [5.41, 5.74) is 1.25. The second kappa shape index (κ2) is 4.85. The van der Waals surface area contributed by atoms with Crippen LogP contribution in [0.1, 0.15) is 33.3 Å². The van der Waals surface area contributed by atoms with E-state index in [0.717, 1.165) is 5.57 Å². The smallest absolute Gasteiger partial charge is 0.0699 e. The van der Waals surface area contributed by atoms with Gasteiger partial charge in [0, 0.05) is 0 Å². The Morgan fingerprint density at radius 3 is 1.92 bits per heavy atom. The Labute approximate surface area is 153 Å². The molecular formula is C24H22NO. The normalized spacial score (nSPS) is 19.7. The summed E-state index contributed by atoms with van der Waals surface area (Å²) < 4.78 is 0. The van der Waals surface area contributed by atoms with E-state index in [0.29, 0.717) is 0 Å². The Morgan fingerprint density at radius 2 is 1.31 bits per heavy atom. The van der Waals surface area contributed by atoms with Crippen molar-refractivity contribution >= 4 is 37.9 Å². The van der Waals surface area contributed by atoms with Crippen LogP contribution in [0.4, 0.5) is 0 Å². The van der Waals surface area contributed by atoms with Crippen molar-refractivity contribution in [3.63, 3.8) is 0 Å². The maximum absolute atomic E-state index is 12.9. The van der Waals surface area contributed by atoms with Gasteiger partial charge in [-0.1, -0.05) is 60.7 Å². The van der Waals surface area contributed by atoms with Crippen molar-refractivity contribution in [2.24, 2.45) is 0 Å². The highest BCUT2D eigenvalue weighted by Gasteiger charge is 2.47. The fraction of sp³-hybridized carbons (Fsp3) is 0.250. The molecule has 0 atom stereocenters. The quantitative estimate of drug-likeness (QED) is 0.379. The number of hydrogen-bond acceptors (Lipinski definition) is 1. The lowest BCUT2D eigenvalue weighted by molar-refractivity contribution is -0.234. The van der Waals surface area contributed by atoms with Crippen LogP contribution < -0.4 is 0 Å². The van der Waals surface area contributed by atoms with E-state index in [-0.39, 0.29) is 0 Å². The lowest BCUT2D eigenvalue weighted by Gasteiger charge is -2.34. The van der Waals surface area contributed by atoms with Gasteiger partial charge in [0.15, 0.2) is 0 Å². The summed E-state index contributed by atoms with van der Waals surface area (Å²) in [5.74, 6) is 0. The SMILES string of the molecule is CC1(C)C=C(c2ccc3ccc4cccc5ccc2c3c45)C(C)(C)N1[O]. The van der Waals surface area contributed by atoms with E-state index in [1.165, 1.54) is 42.9 Å². The molecule has 0 aromatic heterocycles. The lowest BCUT2D eigenvalue weighted by Crippen LogP contribution is -2.46. The van der Waals surface area contributed by atoms with Crippen LogP contribution in [0.2, 0.25) is 0 Å². The van der Waals surface area contributed by atoms with Crippen molar-refractivity contribution in [3.8, 4) is 0 Å². The van der Waals surface area contributed by atoms with Gasteiger partial charge in [0.05, 0.1) is 11.1 Å². The summed E-state index contributed by atoms with van der Waals surface area (Å²) >= 11 is 0. The van der Waals surface area contributed by atoms with Crippen LogP contribution in [0.25, 0.3) is 37.9 Å². The van der Waals surface area contributed by atoms with E-state index in [2.05, 4.69) is 60.7 Å². The number of rotatable bonds is 1. The van der Waals surface area contributed by atoms with Crippen molar-refractivity contribution in [1.82, 2.24) is 5.06 Å². The zero-order chi connectivity index (χ0) is 18.3. The van der Waals surface area contributed by atoms with Gasteiger partial charge >= 0.3 is 0 Å². The molecule has 26 heavy (non-hydrogen) atoms. The Morgan fingerprint density at radius 1 is 0.731 bits per heavy atom. The van der Waals surface area contributed by atoms with Crippen molar-refractivity contribution in [2.75, 3.05) is 0 Å². The van der Waals surface area contributed by atoms with Gasteiger partial charge in [-0.25, -0.2) is 0 Å². The molecule has 2 nitrogen and oxygen atoms in total. The molecule has 0 N–H and O–H groups in total. The first-order chi connectivity index (χ1) is 12.3. The van der Waals surface area contributed by atoms with Crippen LogP contribution in [0.5, 0.6) is 0 Å². The van der Waals surface area contributed by atoms with Gasteiger partial charge in [0.1, 0.15) is 0 Å². The van der Waals surface area contributed by atoms with E-state index >= 15 is 0 Å². The zero-order valence-electron chi connectivity index (χ0n) is 15.6. The number of nitrogens with zero attached hydrogens (tertiary/aromatic N) is 1. The Hall–Kier alpha value is -2.42. The summed E-state index contributed by atoms with van der Waals surface area (Å²) in [4.78, 5) is 0. The van der Waals surface area contributed by atoms with Crippen LogP contribution in [0, 0.1) is 0 Å². The molecule has 1 heterocycles. The first-order valence-corrected chi connectivity index (χ1v) is 9.18. The number of benzene rings is 4. The molecule has 1 radical (unpaired) electrons. The minimum absolute atomic E-state index is 0.497. The van der Waals surface area contributed by atoms with Gasteiger partial charge in [-0.15, -0.1) is 10.3 Å². The van der Waals surface area contributed by atoms with Gasteiger partial charge in [-0.05, 0) is 71.1 Å². The Balaban J connectivity index is 1.91. The molecular weight excluding hydrogens is 318 g/mol. The third-order valence-electron chi connectivity index (χ3n) is 6.01.